The highest BCUT2D eigenvalue weighted by Crippen LogP contribution is 2.30. The first-order valence-corrected chi connectivity index (χ1v) is 8.99. The van der Waals surface area contributed by atoms with Crippen molar-refractivity contribution in [2.75, 3.05) is 19.5 Å². The van der Waals surface area contributed by atoms with Crippen LogP contribution in [-0.4, -0.2) is 34.9 Å². The minimum Gasteiger partial charge on any atom is -0.497 e. The van der Waals surface area contributed by atoms with Gasteiger partial charge in [-0.25, -0.2) is 0 Å². The van der Waals surface area contributed by atoms with Crippen LogP contribution in [0, 0.1) is 6.92 Å². The zero-order chi connectivity index (χ0) is 20.4. The molecule has 0 bridgehead atoms. The van der Waals surface area contributed by atoms with Gasteiger partial charge in [0.1, 0.15) is 23.7 Å². The number of hydrogen-bond acceptors (Lipinski definition) is 6. The molecule has 4 rings (SSSR count). The third kappa shape index (κ3) is 3.64. The molecular formula is C21H20N4O4. The molecule has 148 valence electrons. The Balaban J connectivity index is 1.66. The molecule has 4 aromatic rings. The van der Waals surface area contributed by atoms with Crippen molar-refractivity contribution >= 4 is 22.5 Å². The van der Waals surface area contributed by atoms with E-state index >= 15 is 0 Å². The van der Waals surface area contributed by atoms with E-state index in [-0.39, 0.29) is 12.5 Å². The summed E-state index contributed by atoms with van der Waals surface area (Å²) in [5, 5.41) is 11.9. The van der Waals surface area contributed by atoms with Crippen LogP contribution in [0.2, 0.25) is 0 Å². The molecule has 0 aliphatic heterocycles. The summed E-state index contributed by atoms with van der Waals surface area (Å²) in [5.41, 5.74) is 2.14. The number of aromatic nitrogens is 3. The van der Waals surface area contributed by atoms with E-state index in [0.29, 0.717) is 34.7 Å². The van der Waals surface area contributed by atoms with Crippen molar-refractivity contribution in [1.29, 1.82) is 0 Å². The van der Waals surface area contributed by atoms with Gasteiger partial charge in [0.15, 0.2) is 0 Å². The van der Waals surface area contributed by atoms with E-state index in [1.807, 2.05) is 34.9 Å². The van der Waals surface area contributed by atoms with Crippen molar-refractivity contribution in [3.63, 3.8) is 0 Å². The fourth-order valence-electron chi connectivity index (χ4n) is 3.19. The van der Waals surface area contributed by atoms with Crippen LogP contribution >= 0.6 is 0 Å². The number of benzene rings is 2. The zero-order valence-corrected chi connectivity index (χ0v) is 16.3. The van der Waals surface area contributed by atoms with E-state index in [9.17, 15) is 4.79 Å². The lowest BCUT2D eigenvalue weighted by Gasteiger charge is -2.13. The Labute approximate surface area is 167 Å². The maximum Gasteiger partial charge on any atom is 0.264 e. The Morgan fingerprint density at radius 1 is 1.10 bits per heavy atom. The summed E-state index contributed by atoms with van der Waals surface area (Å²) < 4.78 is 18.0. The molecule has 0 radical (unpaired) electrons. The molecule has 0 atom stereocenters. The number of amides is 1. The highest BCUT2D eigenvalue weighted by molar-refractivity contribution is 5.94. The van der Waals surface area contributed by atoms with Gasteiger partial charge in [-0.15, -0.1) is 10.2 Å². The number of methoxy groups -OCH3 is 2. The average Bonchev–Trinajstić information content (AvgIpc) is 3.32. The Bertz CT molecular complexity index is 1180. The van der Waals surface area contributed by atoms with Crippen molar-refractivity contribution in [1.82, 2.24) is 14.8 Å². The molecule has 0 fully saturated rings. The second-order valence-corrected chi connectivity index (χ2v) is 6.42. The van der Waals surface area contributed by atoms with Crippen molar-refractivity contribution in [3.05, 3.63) is 54.4 Å². The van der Waals surface area contributed by atoms with Crippen LogP contribution in [-0.2, 0) is 11.3 Å². The number of ether oxygens (including phenoxy) is 2. The predicted octanol–water partition coefficient (Wildman–Crippen LogP) is 3.66. The highest BCUT2D eigenvalue weighted by atomic mass is 16.5. The molecule has 2 heterocycles. The normalized spacial score (nSPS) is 10.9. The third-order valence-corrected chi connectivity index (χ3v) is 4.54. The van der Waals surface area contributed by atoms with Crippen LogP contribution in [0.15, 0.2) is 52.9 Å². The molecule has 29 heavy (non-hydrogen) atoms. The first kappa shape index (κ1) is 18.5. The van der Waals surface area contributed by atoms with E-state index in [1.165, 1.54) is 0 Å². The summed E-state index contributed by atoms with van der Waals surface area (Å²) in [7, 11) is 3.12. The molecule has 0 aliphatic carbocycles. The fourth-order valence-corrected chi connectivity index (χ4v) is 3.19. The maximum absolute atomic E-state index is 12.8. The molecule has 0 aliphatic rings. The van der Waals surface area contributed by atoms with Gasteiger partial charge in [0.05, 0.1) is 19.9 Å². The second-order valence-electron chi connectivity index (χ2n) is 6.42. The molecule has 8 nitrogen and oxygen atoms in total. The van der Waals surface area contributed by atoms with E-state index in [2.05, 4.69) is 15.5 Å². The van der Waals surface area contributed by atoms with Crippen LogP contribution in [0.5, 0.6) is 11.5 Å². The summed E-state index contributed by atoms with van der Waals surface area (Å²) in [6.07, 6.45) is 0. The van der Waals surface area contributed by atoms with Crippen LogP contribution in [0.25, 0.3) is 22.5 Å². The smallest absolute Gasteiger partial charge is 0.264 e. The number of nitrogens with zero attached hydrogens (tertiary/aromatic N) is 3. The Kier molecular flexibility index (Phi) is 4.90. The van der Waals surface area contributed by atoms with E-state index in [1.54, 1.807) is 39.3 Å². The lowest BCUT2D eigenvalue weighted by atomic mass is 10.2. The van der Waals surface area contributed by atoms with Crippen molar-refractivity contribution < 1.29 is 18.7 Å². The molecular weight excluding hydrogens is 372 g/mol. The fraction of sp³-hybridized carbons (Fsp3) is 0.190. The summed E-state index contributed by atoms with van der Waals surface area (Å²) in [5.74, 6) is 1.78. The third-order valence-electron chi connectivity index (χ3n) is 4.54. The number of aryl methyl sites for hydroxylation is 1. The molecule has 1 N–H and O–H groups in total. The zero-order valence-electron chi connectivity index (χ0n) is 16.3. The molecule has 2 aromatic carbocycles. The van der Waals surface area contributed by atoms with E-state index in [4.69, 9.17) is 13.9 Å². The average molecular weight is 392 g/mol. The van der Waals surface area contributed by atoms with Crippen molar-refractivity contribution in [2.24, 2.45) is 0 Å². The van der Waals surface area contributed by atoms with Gasteiger partial charge in [-0.2, -0.15) is 0 Å². The highest BCUT2D eigenvalue weighted by Gasteiger charge is 2.18. The Morgan fingerprint density at radius 3 is 2.66 bits per heavy atom. The van der Waals surface area contributed by atoms with Gasteiger partial charge in [0.25, 0.3) is 5.89 Å². The quantitative estimate of drug-likeness (QED) is 0.538. The summed E-state index contributed by atoms with van der Waals surface area (Å²) in [6, 6.07) is 14.9. The van der Waals surface area contributed by atoms with Crippen LogP contribution in [0.3, 0.4) is 0 Å². The molecule has 0 unspecified atom stereocenters. The van der Waals surface area contributed by atoms with Gasteiger partial charge in [0.2, 0.25) is 11.8 Å². The molecule has 2 aromatic heterocycles. The van der Waals surface area contributed by atoms with Gasteiger partial charge < -0.3 is 23.8 Å². The van der Waals surface area contributed by atoms with Crippen LogP contribution in [0.4, 0.5) is 5.69 Å². The first-order chi connectivity index (χ1) is 14.1. The Morgan fingerprint density at radius 2 is 1.93 bits per heavy atom. The van der Waals surface area contributed by atoms with E-state index in [0.717, 1.165) is 10.9 Å². The number of fused-ring (bicyclic) bond motifs is 1. The van der Waals surface area contributed by atoms with Crippen LogP contribution in [0.1, 0.15) is 5.89 Å². The molecule has 1 amide bonds. The van der Waals surface area contributed by atoms with E-state index < -0.39 is 0 Å². The molecule has 8 heteroatoms. The van der Waals surface area contributed by atoms with Gasteiger partial charge in [-0.05, 0) is 24.3 Å². The largest absolute Gasteiger partial charge is 0.497 e. The number of carbonyl (C=O) groups excluding carboxylic acids is 1. The number of para-hydroxylation sites is 1. The minimum atomic E-state index is -0.215. The second kappa shape index (κ2) is 7.67. The van der Waals surface area contributed by atoms with Gasteiger partial charge in [-0.3, -0.25) is 4.79 Å². The molecule has 0 saturated carbocycles. The monoisotopic (exact) mass is 392 g/mol. The number of rotatable bonds is 6. The predicted molar refractivity (Wildman–Crippen MR) is 108 cm³/mol. The van der Waals surface area contributed by atoms with Crippen molar-refractivity contribution in [3.8, 4) is 23.1 Å². The maximum atomic E-state index is 12.8. The van der Waals surface area contributed by atoms with Gasteiger partial charge in [0, 0.05) is 23.9 Å². The SMILES string of the molecule is COc1ccc(NC(=O)Cn2c(-c3nnc(C)o3)cc3ccccc32)c(OC)c1. The lowest BCUT2D eigenvalue weighted by Crippen LogP contribution is -2.19. The number of anilines is 1. The standard InChI is InChI=1S/C21H20N4O4/c1-13-23-24-21(29-13)18-10-14-6-4-5-7-17(14)25(18)12-20(26)22-16-9-8-15(27-2)11-19(16)28-3/h4-11H,12H2,1-3H3,(H,22,26). The summed E-state index contributed by atoms with van der Waals surface area (Å²) in [4.78, 5) is 12.8. The summed E-state index contributed by atoms with van der Waals surface area (Å²) in [6.45, 7) is 1.80. The summed E-state index contributed by atoms with van der Waals surface area (Å²) >= 11 is 0. The lowest BCUT2D eigenvalue weighted by molar-refractivity contribution is -0.116. The Hall–Kier alpha value is -3.81. The van der Waals surface area contributed by atoms with Gasteiger partial charge in [-0.1, -0.05) is 18.2 Å². The minimum absolute atomic E-state index is 0.0689. The van der Waals surface area contributed by atoms with Crippen LogP contribution < -0.4 is 14.8 Å². The topological polar surface area (TPSA) is 91.4 Å². The number of carbonyl (C=O) groups is 1. The molecule has 0 saturated heterocycles. The number of hydrogen-bond donors (Lipinski definition) is 1. The number of nitrogens with one attached hydrogen (secondary N) is 1. The molecule has 0 spiro atoms. The van der Waals surface area contributed by atoms with Crippen molar-refractivity contribution in [2.45, 2.75) is 13.5 Å². The van der Waals surface area contributed by atoms with Gasteiger partial charge >= 0.3 is 0 Å². The first-order valence-electron chi connectivity index (χ1n) is 8.99.